The normalized spacial score (nSPS) is 16.4. The molecule has 1 atom stereocenters. The molecule has 3 aromatic rings. The second kappa shape index (κ2) is 12.4. The Bertz CT molecular complexity index is 1700. The van der Waals surface area contributed by atoms with Crippen LogP contribution in [-0.2, 0) is 27.0 Å². The molecule has 2 aromatic carbocycles. The minimum absolute atomic E-state index is 0.0199. The number of ether oxygens (including phenoxy) is 1. The Morgan fingerprint density at radius 2 is 1.93 bits per heavy atom. The molecule has 0 radical (unpaired) electrons. The van der Waals surface area contributed by atoms with Crippen molar-refractivity contribution >= 4 is 24.1 Å². The van der Waals surface area contributed by atoms with Crippen LogP contribution in [0.25, 0.3) is 0 Å². The molecule has 232 valence electrons. The summed E-state index contributed by atoms with van der Waals surface area (Å²) < 4.78 is 47.8. The molecule has 1 unspecified atom stereocenters. The van der Waals surface area contributed by atoms with Gasteiger partial charge in [0.2, 0.25) is 5.95 Å². The molecule has 1 N–H and O–H groups in total. The van der Waals surface area contributed by atoms with E-state index in [4.69, 9.17) is 14.6 Å². The third-order valence-electron chi connectivity index (χ3n) is 7.59. The van der Waals surface area contributed by atoms with Crippen LogP contribution in [-0.4, -0.2) is 59.4 Å². The molecule has 11 nitrogen and oxygen atoms in total. The van der Waals surface area contributed by atoms with Crippen molar-refractivity contribution in [3.63, 3.8) is 0 Å². The molecule has 2 heterocycles. The molecule has 0 spiro atoms. The standard InChI is InChI=1S/C29H29F3N6O3.CH2O2/c1-17-24(26(39)41-4)25(23-11-10-19(14-33)12-20(23)16-38(2,3)15-18-8-9-18)37-27(34-35-28(37)40)36(17)22-7-5-6-21(13-22)29(30,31)32;2-1-3/h5-7,10-13,18,25H,8-9,15-16H2,1-4H3;1H,(H,2,3). The lowest BCUT2D eigenvalue weighted by atomic mass is 9.89. The number of halogens is 3. The number of benzene rings is 2. The van der Waals surface area contributed by atoms with Crippen molar-refractivity contribution in [1.82, 2.24) is 14.8 Å². The Morgan fingerprint density at radius 3 is 2.52 bits per heavy atom. The van der Waals surface area contributed by atoms with Crippen LogP contribution in [0.2, 0.25) is 0 Å². The van der Waals surface area contributed by atoms with E-state index in [2.05, 4.69) is 30.4 Å². The van der Waals surface area contributed by atoms with E-state index in [1.54, 1.807) is 25.1 Å². The highest BCUT2D eigenvalue weighted by molar-refractivity contribution is 5.93. The molecule has 1 aliphatic heterocycles. The number of anilines is 2. The number of quaternary nitrogens is 1. The van der Waals surface area contributed by atoms with E-state index in [0.29, 0.717) is 28.1 Å². The van der Waals surface area contributed by atoms with Crippen molar-refractivity contribution in [3.05, 3.63) is 86.5 Å². The first-order valence-electron chi connectivity index (χ1n) is 13.6. The van der Waals surface area contributed by atoms with Gasteiger partial charge in [0, 0.05) is 29.3 Å². The van der Waals surface area contributed by atoms with Crippen molar-refractivity contribution in [2.75, 3.05) is 32.6 Å². The number of carbonyl (C=O) groups excluding carboxylic acids is 2. The number of nitriles is 1. The van der Waals surface area contributed by atoms with E-state index in [1.165, 1.54) is 41.6 Å². The summed E-state index contributed by atoms with van der Waals surface area (Å²) in [5.74, 6) is -0.101. The summed E-state index contributed by atoms with van der Waals surface area (Å²) in [5.41, 5.74) is 0.641. The van der Waals surface area contributed by atoms with E-state index in [9.17, 15) is 28.0 Å². The average Bonchev–Trinajstić information content (AvgIpc) is 3.69. The largest absolute Gasteiger partial charge is 0.554 e. The van der Waals surface area contributed by atoms with Gasteiger partial charge in [0.1, 0.15) is 12.6 Å². The lowest BCUT2D eigenvalue weighted by Crippen LogP contribution is -2.42. The Labute approximate surface area is 251 Å². The van der Waals surface area contributed by atoms with E-state index in [1.807, 2.05) is 0 Å². The summed E-state index contributed by atoms with van der Waals surface area (Å²) in [7, 11) is 5.39. The minimum atomic E-state index is -4.61. The summed E-state index contributed by atoms with van der Waals surface area (Å²) >= 11 is 0. The zero-order valence-corrected chi connectivity index (χ0v) is 24.5. The number of alkyl halides is 3. The predicted molar refractivity (Wildman–Crippen MR) is 150 cm³/mol. The monoisotopic (exact) mass is 612 g/mol. The summed E-state index contributed by atoms with van der Waals surface area (Å²) in [4.78, 5) is 36.3. The van der Waals surface area contributed by atoms with Gasteiger partial charge in [0.05, 0.1) is 50.5 Å². The van der Waals surface area contributed by atoms with Crippen LogP contribution in [0.4, 0.5) is 24.8 Å². The molecule has 44 heavy (non-hydrogen) atoms. The maximum atomic E-state index is 13.6. The molecule has 1 aromatic heterocycles. The van der Waals surface area contributed by atoms with Crippen LogP contribution in [0.1, 0.15) is 48.1 Å². The van der Waals surface area contributed by atoms with Crippen LogP contribution in [0.3, 0.4) is 0 Å². The Hall–Kier alpha value is -4.90. The lowest BCUT2D eigenvalue weighted by Gasteiger charge is -2.37. The van der Waals surface area contributed by atoms with Crippen LogP contribution >= 0.6 is 0 Å². The quantitative estimate of drug-likeness (QED) is 0.244. The number of nitrogens with one attached hydrogen (secondary N) is 1. The molecule has 0 amide bonds. The maximum Gasteiger partial charge on any atom is 0.416 e. The zero-order valence-electron chi connectivity index (χ0n) is 24.5. The Balaban J connectivity index is 0.00000141. The van der Waals surface area contributed by atoms with E-state index in [-0.39, 0.29) is 22.9 Å². The minimum Gasteiger partial charge on any atom is -0.554 e. The first-order chi connectivity index (χ1) is 20.8. The lowest BCUT2D eigenvalue weighted by molar-refractivity contribution is -0.905. The average molecular weight is 613 g/mol. The van der Waals surface area contributed by atoms with Gasteiger partial charge in [-0.05, 0) is 55.7 Å². The number of allylic oxidation sites excluding steroid dienone is 1. The highest BCUT2D eigenvalue weighted by Gasteiger charge is 2.42. The number of rotatable bonds is 7. The van der Waals surface area contributed by atoms with Gasteiger partial charge in [-0.3, -0.25) is 4.90 Å². The fraction of sp³-hybridized carbons (Fsp3) is 0.367. The third kappa shape index (κ3) is 6.52. The molecule has 0 saturated heterocycles. The fourth-order valence-electron chi connectivity index (χ4n) is 5.68. The number of H-pyrrole nitrogens is 1. The fourth-order valence-corrected chi connectivity index (χ4v) is 5.68. The van der Waals surface area contributed by atoms with E-state index < -0.39 is 35.9 Å². The number of aromatic nitrogens is 3. The number of nitrogens with zero attached hydrogens (tertiary/aromatic N) is 5. The Morgan fingerprint density at radius 1 is 1.25 bits per heavy atom. The van der Waals surface area contributed by atoms with Crippen LogP contribution in [0.5, 0.6) is 0 Å². The highest BCUT2D eigenvalue weighted by Crippen LogP contribution is 2.44. The smallest absolute Gasteiger partial charge is 0.416 e. The van der Waals surface area contributed by atoms with Crippen LogP contribution in [0.15, 0.2) is 58.5 Å². The summed E-state index contributed by atoms with van der Waals surface area (Å²) in [5, 5.41) is 24.5. The Kier molecular flexibility index (Phi) is 9.01. The van der Waals surface area contributed by atoms with Crippen molar-refractivity contribution in [1.29, 1.82) is 5.26 Å². The van der Waals surface area contributed by atoms with Gasteiger partial charge < -0.3 is 19.1 Å². The number of hydrogen-bond donors (Lipinski definition) is 1. The zero-order chi connectivity index (χ0) is 32.4. The summed E-state index contributed by atoms with van der Waals surface area (Å²) in [6, 6.07) is 10.8. The number of aromatic amines is 1. The number of hydrogen-bond acceptors (Lipinski definition) is 8. The molecule has 1 saturated carbocycles. The van der Waals surface area contributed by atoms with Gasteiger partial charge in [-0.2, -0.15) is 18.4 Å². The highest BCUT2D eigenvalue weighted by atomic mass is 19.4. The number of carbonyl (C=O) groups is 2. The molecule has 5 rings (SSSR count). The number of fused-ring (bicyclic) bond motifs is 1. The van der Waals surface area contributed by atoms with Gasteiger partial charge >= 0.3 is 17.8 Å². The SMILES string of the molecule is COC(=O)C1=C(C)N(c2cccc(C(F)(F)F)c2)c2n[nH]c(=O)n2C1c1ccc(C#N)cc1C[N+](C)(C)CC1CC1.O=C[O-]. The van der Waals surface area contributed by atoms with Gasteiger partial charge in [0.25, 0.3) is 0 Å². The van der Waals surface area contributed by atoms with Crippen molar-refractivity contribution in [3.8, 4) is 6.07 Å². The maximum absolute atomic E-state index is 13.6. The van der Waals surface area contributed by atoms with Crippen molar-refractivity contribution in [2.45, 2.75) is 38.5 Å². The first kappa shape index (κ1) is 32.0. The molecular weight excluding hydrogens is 581 g/mol. The van der Waals surface area contributed by atoms with Gasteiger partial charge in [-0.25, -0.2) is 19.3 Å². The molecule has 1 aliphatic carbocycles. The second-order valence-corrected chi connectivity index (χ2v) is 11.3. The summed E-state index contributed by atoms with van der Waals surface area (Å²) in [6.45, 7) is 2.53. The molecular formula is C30H31F3N6O5. The molecule has 14 heteroatoms. The van der Waals surface area contributed by atoms with E-state index >= 15 is 0 Å². The first-order valence-corrected chi connectivity index (χ1v) is 13.6. The van der Waals surface area contributed by atoms with Gasteiger partial charge in [-0.1, -0.05) is 12.1 Å². The number of esters is 1. The van der Waals surface area contributed by atoms with E-state index in [0.717, 1.165) is 24.2 Å². The summed E-state index contributed by atoms with van der Waals surface area (Å²) in [6.07, 6.45) is -2.27. The predicted octanol–water partition coefficient (Wildman–Crippen LogP) is 3.00. The van der Waals surface area contributed by atoms with Gasteiger partial charge in [0.15, 0.2) is 0 Å². The van der Waals surface area contributed by atoms with Crippen LogP contribution < -0.4 is 15.7 Å². The number of carboxylic acid groups (broad SMARTS) is 1. The topological polar surface area (TPSA) is 144 Å². The van der Waals surface area contributed by atoms with Crippen LogP contribution in [0, 0.1) is 17.2 Å². The van der Waals surface area contributed by atoms with Gasteiger partial charge in [-0.15, -0.1) is 5.10 Å². The molecule has 2 aliphatic rings. The van der Waals surface area contributed by atoms with Crippen molar-refractivity contribution < 1.29 is 37.1 Å². The second-order valence-electron chi connectivity index (χ2n) is 11.3. The van der Waals surface area contributed by atoms with Crippen molar-refractivity contribution in [2.24, 2.45) is 5.92 Å². The molecule has 1 fully saturated rings. The molecule has 0 bridgehead atoms. The number of methoxy groups -OCH3 is 1. The third-order valence-corrected chi connectivity index (χ3v) is 7.59.